The molecule has 33 heavy (non-hydrogen) atoms. The normalized spacial score (nSPS) is 15.9. The Morgan fingerprint density at radius 1 is 1.24 bits per heavy atom. The molecule has 6 nitrogen and oxygen atoms in total. The van der Waals surface area contributed by atoms with Crippen molar-refractivity contribution in [2.45, 2.75) is 33.0 Å². The van der Waals surface area contributed by atoms with Crippen LogP contribution in [0.5, 0.6) is 17.2 Å². The molecule has 2 heterocycles. The molecule has 0 saturated heterocycles. The Bertz CT molecular complexity index is 1090. The molecule has 0 bridgehead atoms. The first-order valence-corrected chi connectivity index (χ1v) is 11.4. The van der Waals surface area contributed by atoms with Gasteiger partial charge >= 0.3 is 5.97 Å². The van der Waals surface area contributed by atoms with E-state index in [-0.39, 0.29) is 6.10 Å². The second-order valence-electron chi connectivity index (χ2n) is 8.53. The summed E-state index contributed by atoms with van der Waals surface area (Å²) in [5.74, 6) is 1.37. The van der Waals surface area contributed by atoms with Gasteiger partial charge < -0.3 is 19.3 Å². The smallest absolute Gasteiger partial charge is 0.331 e. The summed E-state index contributed by atoms with van der Waals surface area (Å²) in [5, 5.41) is 9.66. The molecular formula is C26H28ClNO5. The van der Waals surface area contributed by atoms with Crippen LogP contribution in [0, 0.1) is 0 Å². The molecule has 0 saturated carbocycles. The molecule has 0 radical (unpaired) electrons. The zero-order valence-corrected chi connectivity index (χ0v) is 19.6. The third kappa shape index (κ3) is 6.09. The molecule has 2 aliphatic rings. The first-order chi connectivity index (χ1) is 15.9. The monoisotopic (exact) mass is 469 g/mol. The van der Waals surface area contributed by atoms with Gasteiger partial charge in [0.2, 0.25) is 0 Å². The Hall–Kier alpha value is -2.96. The number of aliphatic carboxylic acids is 1. The Morgan fingerprint density at radius 3 is 2.79 bits per heavy atom. The second kappa shape index (κ2) is 10.3. The fraction of sp³-hybridized carbons (Fsp3) is 0.346. The number of benzene rings is 2. The highest BCUT2D eigenvalue weighted by Gasteiger charge is 2.19. The van der Waals surface area contributed by atoms with Crippen LogP contribution in [0.2, 0.25) is 5.02 Å². The highest BCUT2D eigenvalue weighted by atomic mass is 35.5. The van der Waals surface area contributed by atoms with Crippen LogP contribution in [0.1, 0.15) is 31.4 Å². The maximum atomic E-state index is 11.1. The van der Waals surface area contributed by atoms with E-state index in [1.54, 1.807) is 6.08 Å². The van der Waals surface area contributed by atoms with Gasteiger partial charge in [-0.15, -0.1) is 0 Å². The summed E-state index contributed by atoms with van der Waals surface area (Å²) in [5.41, 5.74) is 3.64. The van der Waals surface area contributed by atoms with Gasteiger partial charge in [-0.1, -0.05) is 23.7 Å². The van der Waals surface area contributed by atoms with Gasteiger partial charge in [0.1, 0.15) is 30.5 Å². The third-order valence-corrected chi connectivity index (χ3v) is 5.81. The fourth-order valence-electron chi connectivity index (χ4n) is 3.86. The molecule has 0 unspecified atom stereocenters. The lowest BCUT2D eigenvalue weighted by Gasteiger charge is -2.27. The minimum absolute atomic E-state index is 0.0659. The molecule has 2 aliphatic heterocycles. The summed E-state index contributed by atoms with van der Waals surface area (Å²) < 4.78 is 17.6. The molecule has 0 atom stereocenters. The minimum atomic E-state index is -0.818. The van der Waals surface area contributed by atoms with Crippen LogP contribution in [-0.4, -0.2) is 48.3 Å². The highest BCUT2D eigenvalue weighted by molar-refractivity contribution is 6.32. The largest absolute Gasteiger partial charge is 0.489 e. The Morgan fingerprint density at radius 2 is 2.09 bits per heavy atom. The summed E-state index contributed by atoms with van der Waals surface area (Å²) in [6.45, 7) is 6.98. The van der Waals surface area contributed by atoms with Crippen molar-refractivity contribution in [2.75, 3.05) is 26.2 Å². The lowest BCUT2D eigenvalue weighted by atomic mass is 10.0. The number of nitrogens with zero attached hydrogens (tertiary/aromatic N) is 1. The average molecular weight is 470 g/mol. The van der Waals surface area contributed by atoms with Crippen molar-refractivity contribution in [1.29, 1.82) is 0 Å². The summed E-state index contributed by atoms with van der Waals surface area (Å²) in [6.07, 6.45) is 4.58. The van der Waals surface area contributed by atoms with Gasteiger partial charge in [-0.05, 0) is 61.7 Å². The quantitative estimate of drug-likeness (QED) is 0.573. The number of rotatable bonds is 8. The topological polar surface area (TPSA) is 68.2 Å². The SMILES string of the molecule is CC(C)Oc1ccc(COc2ccc3c(c2)OCC(CN2CC=C(C(=O)O)CC2)=C3)cc1Cl. The first-order valence-electron chi connectivity index (χ1n) is 11.1. The predicted molar refractivity (Wildman–Crippen MR) is 128 cm³/mol. The number of ether oxygens (including phenoxy) is 3. The number of carboxylic acids is 1. The van der Waals surface area contributed by atoms with E-state index >= 15 is 0 Å². The van der Waals surface area contributed by atoms with Crippen LogP contribution < -0.4 is 14.2 Å². The summed E-state index contributed by atoms with van der Waals surface area (Å²) in [4.78, 5) is 13.3. The molecule has 7 heteroatoms. The summed E-state index contributed by atoms with van der Waals surface area (Å²) in [6, 6.07) is 11.5. The van der Waals surface area contributed by atoms with Crippen LogP contribution in [0.25, 0.3) is 6.08 Å². The molecule has 1 N–H and O–H groups in total. The lowest BCUT2D eigenvalue weighted by Crippen LogP contribution is -2.33. The van der Waals surface area contributed by atoms with E-state index in [0.717, 1.165) is 35.7 Å². The van der Waals surface area contributed by atoms with Crippen LogP contribution in [-0.2, 0) is 11.4 Å². The van der Waals surface area contributed by atoms with Gasteiger partial charge in [-0.3, -0.25) is 4.90 Å². The number of hydrogen-bond acceptors (Lipinski definition) is 5. The van der Waals surface area contributed by atoms with Crippen LogP contribution >= 0.6 is 11.6 Å². The molecule has 0 aromatic heterocycles. The van der Waals surface area contributed by atoms with E-state index in [9.17, 15) is 4.79 Å². The standard InChI is InChI=1S/C26H28ClNO5/c1-17(2)33-24-6-3-18(12-23(24)27)15-31-22-5-4-21-11-19(16-32-25(21)13-22)14-28-9-7-20(8-10-28)26(29)30/h3-7,11-13,17H,8-10,14-16H2,1-2H3,(H,29,30). The van der Waals surface area contributed by atoms with Gasteiger partial charge in [-0.25, -0.2) is 4.79 Å². The van der Waals surface area contributed by atoms with Gasteiger partial charge in [-0.2, -0.15) is 0 Å². The summed E-state index contributed by atoms with van der Waals surface area (Å²) >= 11 is 6.31. The molecule has 0 aliphatic carbocycles. The number of carbonyl (C=O) groups is 1. The van der Waals surface area contributed by atoms with Crippen molar-refractivity contribution in [3.05, 3.63) is 69.8 Å². The van der Waals surface area contributed by atoms with Crippen LogP contribution in [0.15, 0.2) is 53.6 Å². The number of hydrogen-bond donors (Lipinski definition) is 1. The van der Waals surface area contributed by atoms with Crippen molar-refractivity contribution >= 4 is 23.6 Å². The van der Waals surface area contributed by atoms with Crippen molar-refractivity contribution in [1.82, 2.24) is 4.90 Å². The van der Waals surface area contributed by atoms with E-state index in [1.807, 2.05) is 50.2 Å². The van der Waals surface area contributed by atoms with E-state index in [4.69, 9.17) is 30.9 Å². The molecule has 4 rings (SSSR count). The number of halogens is 1. The average Bonchev–Trinajstić information content (AvgIpc) is 2.79. The molecule has 2 aromatic carbocycles. The lowest BCUT2D eigenvalue weighted by molar-refractivity contribution is -0.133. The van der Waals surface area contributed by atoms with E-state index in [1.165, 1.54) is 5.57 Å². The van der Waals surface area contributed by atoms with Crippen molar-refractivity contribution in [2.24, 2.45) is 0 Å². The number of fused-ring (bicyclic) bond motifs is 1. The van der Waals surface area contributed by atoms with E-state index in [0.29, 0.717) is 42.5 Å². The fourth-order valence-corrected chi connectivity index (χ4v) is 4.11. The van der Waals surface area contributed by atoms with Crippen molar-refractivity contribution in [3.63, 3.8) is 0 Å². The Labute approximate surface area is 199 Å². The van der Waals surface area contributed by atoms with Gasteiger partial charge in [0.25, 0.3) is 0 Å². The molecule has 2 aromatic rings. The van der Waals surface area contributed by atoms with Crippen LogP contribution in [0.4, 0.5) is 0 Å². The van der Waals surface area contributed by atoms with Gasteiger partial charge in [0, 0.05) is 36.8 Å². The molecule has 0 spiro atoms. The molecule has 0 amide bonds. The van der Waals surface area contributed by atoms with E-state index in [2.05, 4.69) is 11.0 Å². The van der Waals surface area contributed by atoms with Crippen LogP contribution in [0.3, 0.4) is 0 Å². The second-order valence-corrected chi connectivity index (χ2v) is 8.94. The summed E-state index contributed by atoms with van der Waals surface area (Å²) in [7, 11) is 0. The Balaban J connectivity index is 1.35. The van der Waals surface area contributed by atoms with Crippen molar-refractivity contribution in [3.8, 4) is 17.2 Å². The first kappa shape index (κ1) is 23.2. The van der Waals surface area contributed by atoms with Gasteiger partial charge in [0.15, 0.2) is 0 Å². The van der Waals surface area contributed by atoms with Crippen molar-refractivity contribution < 1.29 is 24.1 Å². The zero-order chi connectivity index (χ0) is 23.4. The maximum Gasteiger partial charge on any atom is 0.331 e. The highest BCUT2D eigenvalue weighted by Crippen LogP contribution is 2.32. The molecule has 0 fully saturated rings. The molecule has 174 valence electrons. The third-order valence-electron chi connectivity index (χ3n) is 5.52. The number of carboxylic acid groups (broad SMARTS) is 1. The zero-order valence-electron chi connectivity index (χ0n) is 18.8. The molecular weight excluding hydrogens is 442 g/mol. The van der Waals surface area contributed by atoms with E-state index < -0.39 is 5.97 Å². The minimum Gasteiger partial charge on any atom is -0.489 e. The Kier molecular flexibility index (Phi) is 7.26. The van der Waals surface area contributed by atoms with Gasteiger partial charge in [0.05, 0.1) is 11.1 Å². The predicted octanol–water partition coefficient (Wildman–Crippen LogP) is 5.20. The maximum absolute atomic E-state index is 11.1.